The molecule has 0 saturated carbocycles. The highest BCUT2D eigenvalue weighted by atomic mass is 16.5. The third-order valence-electron chi connectivity index (χ3n) is 2.16. The van der Waals surface area contributed by atoms with Gasteiger partial charge in [-0.05, 0) is 18.6 Å². The molecule has 0 fully saturated rings. The lowest BCUT2D eigenvalue weighted by molar-refractivity contribution is 0.306. The molecule has 80 valence electrons. The highest BCUT2D eigenvalue weighted by molar-refractivity contribution is 5.56. The van der Waals surface area contributed by atoms with Crippen LogP contribution in [0.25, 0.3) is 0 Å². The van der Waals surface area contributed by atoms with Gasteiger partial charge in [-0.15, -0.1) is 0 Å². The zero-order valence-electron chi connectivity index (χ0n) is 8.99. The third-order valence-corrected chi connectivity index (χ3v) is 2.16. The quantitative estimate of drug-likeness (QED) is 0.592. The summed E-state index contributed by atoms with van der Waals surface area (Å²) in [6, 6.07) is 7.18. The predicted octanol–water partition coefficient (Wildman–Crippen LogP) is 2.71. The van der Waals surface area contributed by atoms with Gasteiger partial charge in [-0.25, -0.2) is 0 Å². The zero-order valence-corrected chi connectivity index (χ0v) is 8.99. The van der Waals surface area contributed by atoms with E-state index in [1.165, 1.54) is 12.8 Å². The van der Waals surface area contributed by atoms with E-state index in [2.05, 4.69) is 6.92 Å². The van der Waals surface area contributed by atoms with Crippen molar-refractivity contribution in [1.29, 1.82) is 5.26 Å². The molecule has 0 aromatic heterocycles. The molecule has 0 bridgehead atoms. The first-order valence-corrected chi connectivity index (χ1v) is 5.20. The average molecular weight is 204 g/mol. The van der Waals surface area contributed by atoms with Crippen molar-refractivity contribution in [3.63, 3.8) is 0 Å². The normalized spacial score (nSPS) is 9.60. The maximum Gasteiger partial charge on any atom is 0.121 e. The Labute approximate surface area is 90.5 Å². The first-order valence-electron chi connectivity index (χ1n) is 5.20. The van der Waals surface area contributed by atoms with E-state index >= 15 is 0 Å². The van der Waals surface area contributed by atoms with Crippen molar-refractivity contribution >= 4 is 5.69 Å². The Kier molecular flexibility index (Phi) is 4.49. The van der Waals surface area contributed by atoms with E-state index in [0.717, 1.165) is 12.2 Å². The van der Waals surface area contributed by atoms with Crippen LogP contribution in [0.2, 0.25) is 0 Å². The fourth-order valence-corrected chi connectivity index (χ4v) is 1.27. The largest absolute Gasteiger partial charge is 0.494 e. The van der Waals surface area contributed by atoms with Crippen LogP contribution in [0.1, 0.15) is 31.7 Å². The summed E-state index contributed by atoms with van der Waals surface area (Å²) in [6.07, 6.45) is 3.40. The number of anilines is 1. The molecule has 0 atom stereocenters. The second kappa shape index (κ2) is 5.92. The minimum absolute atomic E-state index is 0.477. The first kappa shape index (κ1) is 11.4. The average Bonchev–Trinajstić information content (AvgIpc) is 2.25. The molecule has 0 heterocycles. The van der Waals surface area contributed by atoms with Crippen LogP contribution < -0.4 is 10.5 Å². The minimum atomic E-state index is 0.477. The summed E-state index contributed by atoms with van der Waals surface area (Å²) in [7, 11) is 0. The highest BCUT2D eigenvalue weighted by Crippen LogP contribution is 2.19. The molecule has 0 unspecified atom stereocenters. The van der Waals surface area contributed by atoms with Crippen LogP contribution in [0.4, 0.5) is 5.69 Å². The number of unbranched alkanes of at least 4 members (excludes halogenated alkanes) is 2. The summed E-state index contributed by atoms with van der Waals surface area (Å²) in [5, 5.41) is 8.68. The van der Waals surface area contributed by atoms with Crippen molar-refractivity contribution in [2.24, 2.45) is 0 Å². The van der Waals surface area contributed by atoms with Gasteiger partial charge >= 0.3 is 0 Å². The van der Waals surface area contributed by atoms with Crippen molar-refractivity contribution < 1.29 is 4.74 Å². The standard InChI is InChI=1S/C12H16N2O/c1-2-3-4-7-15-11-6-5-10(9-13)12(14)8-11/h5-6,8H,2-4,7,14H2,1H3. The Hall–Kier alpha value is -1.69. The Morgan fingerprint density at radius 2 is 2.20 bits per heavy atom. The van der Waals surface area contributed by atoms with Crippen LogP contribution >= 0.6 is 0 Å². The van der Waals surface area contributed by atoms with Crippen molar-refractivity contribution in [3.8, 4) is 11.8 Å². The van der Waals surface area contributed by atoms with Gasteiger partial charge in [0.2, 0.25) is 0 Å². The van der Waals surface area contributed by atoms with Gasteiger partial charge in [0, 0.05) is 6.07 Å². The smallest absolute Gasteiger partial charge is 0.121 e. The minimum Gasteiger partial charge on any atom is -0.494 e. The fraction of sp³-hybridized carbons (Fsp3) is 0.417. The predicted molar refractivity (Wildman–Crippen MR) is 60.6 cm³/mol. The summed E-state index contributed by atoms with van der Waals surface area (Å²) in [4.78, 5) is 0. The molecular weight excluding hydrogens is 188 g/mol. The number of nitriles is 1. The molecule has 15 heavy (non-hydrogen) atoms. The number of rotatable bonds is 5. The molecule has 2 N–H and O–H groups in total. The molecule has 3 nitrogen and oxygen atoms in total. The maximum absolute atomic E-state index is 8.68. The Morgan fingerprint density at radius 1 is 1.40 bits per heavy atom. The number of hydrogen-bond donors (Lipinski definition) is 1. The molecule has 0 aliphatic heterocycles. The van der Waals surface area contributed by atoms with Gasteiger partial charge in [0.15, 0.2) is 0 Å². The molecule has 0 aliphatic carbocycles. The topological polar surface area (TPSA) is 59.0 Å². The number of nitrogens with zero attached hydrogens (tertiary/aromatic N) is 1. The molecule has 0 saturated heterocycles. The van der Waals surface area contributed by atoms with E-state index < -0.39 is 0 Å². The summed E-state index contributed by atoms with van der Waals surface area (Å²) in [5.41, 5.74) is 6.63. The number of ether oxygens (including phenoxy) is 1. The van der Waals surface area contributed by atoms with Crippen molar-refractivity contribution in [3.05, 3.63) is 23.8 Å². The van der Waals surface area contributed by atoms with Gasteiger partial charge in [0.25, 0.3) is 0 Å². The Balaban J connectivity index is 2.49. The molecule has 3 heteroatoms. The second-order valence-electron chi connectivity index (χ2n) is 3.42. The van der Waals surface area contributed by atoms with Gasteiger partial charge in [-0.1, -0.05) is 19.8 Å². The maximum atomic E-state index is 8.68. The van der Waals surface area contributed by atoms with Crippen LogP contribution in [-0.2, 0) is 0 Å². The molecule has 1 aromatic carbocycles. The van der Waals surface area contributed by atoms with Gasteiger partial charge < -0.3 is 10.5 Å². The van der Waals surface area contributed by atoms with E-state index in [1.807, 2.05) is 6.07 Å². The van der Waals surface area contributed by atoms with Gasteiger partial charge in [0.1, 0.15) is 11.8 Å². The van der Waals surface area contributed by atoms with Crippen LogP contribution in [-0.4, -0.2) is 6.61 Å². The van der Waals surface area contributed by atoms with E-state index in [9.17, 15) is 0 Å². The lowest BCUT2D eigenvalue weighted by Crippen LogP contribution is -1.98. The van der Waals surface area contributed by atoms with Crippen LogP contribution in [0.3, 0.4) is 0 Å². The third kappa shape index (κ3) is 3.51. The lowest BCUT2D eigenvalue weighted by Gasteiger charge is -2.06. The molecule has 0 spiro atoms. The molecular formula is C12H16N2O. The Morgan fingerprint density at radius 3 is 2.80 bits per heavy atom. The van der Waals surface area contributed by atoms with Crippen LogP contribution in [0, 0.1) is 11.3 Å². The summed E-state index contributed by atoms with van der Waals surface area (Å²) < 4.78 is 5.50. The molecule has 0 aliphatic rings. The second-order valence-corrected chi connectivity index (χ2v) is 3.42. The molecule has 0 radical (unpaired) electrons. The van der Waals surface area contributed by atoms with Gasteiger partial charge in [-0.3, -0.25) is 0 Å². The van der Waals surface area contributed by atoms with Crippen molar-refractivity contribution in [2.45, 2.75) is 26.2 Å². The number of benzene rings is 1. The molecule has 0 amide bonds. The Bertz CT molecular complexity index is 355. The van der Waals surface area contributed by atoms with Gasteiger partial charge in [0.05, 0.1) is 17.9 Å². The summed E-state index contributed by atoms with van der Waals surface area (Å²) in [5.74, 6) is 0.739. The molecule has 1 rings (SSSR count). The fourth-order valence-electron chi connectivity index (χ4n) is 1.27. The van der Waals surface area contributed by atoms with Crippen LogP contribution in [0.15, 0.2) is 18.2 Å². The van der Waals surface area contributed by atoms with E-state index in [1.54, 1.807) is 18.2 Å². The van der Waals surface area contributed by atoms with E-state index in [4.69, 9.17) is 15.7 Å². The first-order chi connectivity index (χ1) is 7.27. The number of hydrogen-bond acceptors (Lipinski definition) is 3. The van der Waals surface area contributed by atoms with E-state index in [0.29, 0.717) is 17.9 Å². The zero-order chi connectivity index (χ0) is 11.1. The summed E-state index contributed by atoms with van der Waals surface area (Å²) >= 11 is 0. The molecule has 1 aromatic rings. The van der Waals surface area contributed by atoms with Gasteiger partial charge in [-0.2, -0.15) is 5.26 Å². The van der Waals surface area contributed by atoms with E-state index in [-0.39, 0.29) is 0 Å². The monoisotopic (exact) mass is 204 g/mol. The number of nitrogens with two attached hydrogens (primary N) is 1. The highest BCUT2D eigenvalue weighted by Gasteiger charge is 2.00. The SMILES string of the molecule is CCCCCOc1ccc(C#N)c(N)c1. The van der Waals surface area contributed by atoms with Crippen molar-refractivity contribution in [2.75, 3.05) is 12.3 Å². The van der Waals surface area contributed by atoms with Crippen LogP contribution in [0.5, 0.6) is 5.75 Å². The van der Waals surface area contributed by atoms with Crippen molar-refractivity contribution in [1.82, 2.24) is 0 Å². The lowest BCUT2D eigenvalue weighted by atomic mass is 10.2. The summed E-state index contributed by atoms with van der Waals surface area (Å²) in [6.45, 7) is 2.86. The number of nitrogen functional groups attached to an aromatic ring is 1.